The summed E-state index contributed by atoms with van der Waals surface area (Å²) in [6.07, 6.45) is -0.320. The molecule has 1 atom stereocenters. The molecule has 16 heavy (non-hydrogen) atoms. The Kier molecular flexibility index (Phi) is 2.64. The number of carboxylic acids is 1. The van der Waals surface area contributed by atoms with Gasteiger partial charge in [0.05, 0.1) is 5.02 Å². The molecule has 0 amide bonds. The quantitative estimate of drug-likeness (QED) is 0.855. The Morgan fingerprint density at radius 3 is 2.56 bits per heavy atom. The zero-order chi connectivity index (χ0) is 11.9. The van der Waals surface area contributed by atoms with E-state index < -0.39 is 23.3 Å². The third kappa shape index (κ3) is 1.68. The first-order valence-electron chi connectivity index (χ1n) is 4.84. The summed E-state index contributed by atoms with van der Waals surface area (Å²) >= 11 is 5.63. The van der Waals surface area contributed by atoms with Gasteiger partial charge in [0.2, 0.25) is 0 Å². The van der Waals surface area contributed by atoms with Crippen LogP contribution in [0.3, 0.4) is 0 Å². The molecule has 86 valence electrons. The number of carboxylic acid groups (broad SMARTS) is 1. The topological polar surface area (TPSA) is 57.5 Å². The van der Waals surface area contributed by atoms with Crippen LogP contribution in [0.5, 0.6) is 0 Å². The van der Waals surface area contributed by atoms with E-state index in [2.05, 4.69) is 0 Å². The maximum atomic E-state index is 13.0. The molecule has 0 aliphatic heterocycles. The first-order valence-corrected chi connectivity index (χ1v) is 5.21. The van der Waals surface area contributed by atoms with Crippen LogP contribution in [0.4, 0.5) is 4.39 Å². The van der Waals surface area contributed by atoms with Crippen LogP contribution in [0.25, 0.3) is 0 Å². The molecule has 2 rings (SSSR count). The minimum atomic E-state index is -1.46. The molecular formula is C11H10ClFO3. The zero-order valence-corrected chi connectivity index (χ0v) is 9.04. The third-order valence-corrected chi connectivity index (χ3v) is 3.33. The fourth-order valence-electron chi connectivity index (χ4n) is 1.90. The molecular weight excluding hydrogens is 235 g/mol. The molecule has 0 saturated heterocycles. The van der Waals surface area contributed by atoms with Crippen LogP contribution in [-0.4, -0.2) is 22.3 Å². The van der Waals surface area contributed by atoms with E-state index in [9.17, 15) is 14.3 Å². The van der Waals surface area contributed by atoms with Gasteiger partial charge in [-0.05, 0) is 30.5 Å². The molecule has 0 spiro atoms. The second kappa shape index (κ2) is 3.71. The molecule has 1 aliphatic rings. The van der Waals surface area contributed by atoms with Gasteiger partial charge in [-0.25, -0.2) is 9.18 Å². The number of hydrogen-bond acceptors (Lipinski definition) is 2. The highest BCUT2D eigenvalue weighted by Crippen LogP contribution is 2.51. The molecule has 0 aromatic heterocycles. The molecule has 3 nitrogen and oxygen atoms in total. The molecule has 0 bridgehead atoms. The highest BCUT2D eigenvalue weighted by Gasteiger charge is 2.53. The van der Waals surface area contributed by atoms with Crippen molar-refractivity contribution in [1.82, 2.24) is 0 Å². The number of aliphatic carboxylic acids is 1. The maximum absolute atomic E-state index is 13.0. The van der Waals surface area contributed by atoms with Gasteiger partial charge in [-0.1, -0.05) is 17.7 Å². The van der Waals surface area contributed by atoms with Gasteiger partial charge in [0.1, 0.15) is 5.82 Å². The number of hydrogen-bond donors (Lipinski definition) is 2. The molecule has 2 N–H and O–H groups in total. The number of carbonyl (C=O) groups is 1. The molecule has 1 saturated carbocycles. The van der Waals surface area contributed by atoms with Gasteiger partial charge in [0, 0.05) is 5.41 Å². The van der Waals surface area contributed by atoms with Crippen LogP contribution >= 0.6 is 11.6 Å². The van der Waals surface area contributed by atoms with E-state index in [4.69, 9.17) is 16.7 Å². The van der Waals surface area contributed by atoms with Gasteiger partial charge in [-0.15, -0.1) is 0 Å². The van der Waals surface area contributed by atoms with Crippen LogP contribution in [0.1, 0.15) is 18.4 Å². The Morgan fingerprint density at radius 2 is 2.12 bits per heavy atom. The second-order valence-corrected chi connectivity index (χ2v) is 4.43. The Hall–Kier alpha value is -1.13. The lowest BCUT2D eigenvalue weighted by atomic mass is 9.90. The fourth-order valence-corrected chi connectivity index (χ4v) is 2.08. The maximum Gasteiger partial charge on any atom is 0.333 e. The predicted molar refractivity (Wildman–Crippen MR) is 56.0 cm³/mol. The summed E-state index contributed by atoms with van der Waals surface area (Å²) in [6, 6.07) is 4.04. The third-order valence-electron chi connectivity index (χ3n) is 3.04. The Bertz CT molecular complexity index is 443. The van der Waals surface area contributed by atoms with E-state index in [1.54, 1.807) is 0 Å². The predicted octanol–water partition coefficient (Wildman–Crippen LogP) is 1.96. The summed E-state index contributed by atoms with van der Waals surface area (Å²) in [6.45, 7) is 0. The van der Waals surface area contributed by atoms with Crippen molar-refractivity contribution in [3.8, 4) is 0 Å². The van der Waals surface area contributed by atoms with E-state index in [1.165, 1.54) is 18.2 Å². The van der Waals surface area contributed by atoms with Crippen LogP contribution < -0.4 is 0 Å². The van der Waals surface area contributed by atoms with Crippen molar-refractivity contribution in [2.75, 3.05) is 0 Å². The lowest BCUT2D eigenvalue weighted by Crippen LogP contribution is -2.33. The molecule has 1 unspecified atom stereocenters. The second-order valence-electron chi connectivity index (χ2n) is 4.03. The summed E-state index contributed by atoms with van der Waals surface area (Å²) in [5.74, 6) is -1.82. The Morgan fingerprint density at radius 1 is 1.50 bits per heavy atom. The monoisotopic (exact) mass is 244 g/mol. The van der Waals surface area contributed by atoms with Crippen molar-refractivity contribution in [3.05, 3.63) is 34.6 Å². The van der Waals surface area contributed by atoms with E-state index >= 15 is 0 Å². The largest absolute Gasteiger partial charge is 0.479 e. The minimum Gasteiger partial charge on any atom is -0.479 e. The minimum absolute atomic E-state index is 0.0543. The van der Waals surface area contributed by atoms with E-state index in [-0.39, 0.29) is 5.02 Å². The van der Waals surface area contributed by atoms with Gasteiger partial charge >= 0.3 is 5.97 Å². The molecule has 1 aromatic carbocycles. The van der Waals surface area contributed by atoms with Crippen molar-refractivity contribution in [2.24, 2.45) is 0 Å². The average Bonchev–Trinajstić information content (AvgIpc) is 3.02. The summed E-state index contributed by atoms with van der Waals surface area (Å²) in [5, 5.41) is 18.3. The molecule has 0 heterocycles. The van der Waals surface area contributed by atoms with Gasteiger partial charge < -0.3 is 10.2 Å². The Balaban J connectivity index is 2.37. The molecule has 1 aromatic rings. The normalized spacial score (nSPS) is 19.2. The van der Waals surface area contributed by atoms with Gasteiger partial charge in [0.25, 0.3) is 0 Å². The molecule has 0 radical (unpaired) electrons. The van der Waals surface area contributed by atoms with Crippen molar-refractivity contribution < 1.29 is 19.4 Å². The van der Waals surface area contributed by atoms with Crippen molar-refractivity contribution in [3.63, 3.8) is 0 Å². The lowest BCUT2D eigenvalue weighted by molar-refractivity contribution is -0.148. The van der Waals surface area contributed by atoms with Crippen molar-refractivity contribution in [1.29, 1.82) is 0 Å². The zero-order valence-electron chi connectivity index (χ0n) is 8.28. The first-order chi connectivity index (χ1) is 7.47. The number of benzene rings is 1. The Labute approximate surface area is 96.5 Å². The molecule has 1 fully saturated rings. The van der Waals surface area contributed by atoms with E-state index in [0.29, 0.717) is 18.4 Å². The first kappa shape index (κ1) is 11.4. The summed E-state index contributed by atoms with van der Waals surface area (Å²) in [7, 11) is 0. The lowest BCUT2D eigenvalue weighted by Gasteiger charge is -2.19. The fraction of sp³-hybridized carbons (Fsp3) is 0.364. The van der Waals surface area contributed by atoms with E-state index in [0.717, 1.165) is 0 Å². The molecule has 1 aliphatic carbocycles. The van der Waals surface area contributed by atoms with Gasteiger partial charge in [-0.3, -0.25) is 0 Å². The summed E-state index contributed by atoms with van der Waals surface area (Å²) in [5.41, 5.74) is -0.211. The molecule has 5 heteroatoms. The van der Waals surface area contributed by atoms with Crippen LogP contribution in [0.15, 0.2) is 18.2 Å². The SMILES string of the molecule is O=C(O)C(O)C1(c2ccc(F)c(Cl)c2)CC1. The summed E-state index contributed by atoms with van der Waals surface area (Å²) in [4.78, 5) is 10.8. The van der Waals surface area contributed by atoms with Crippen LogP contribution in [0, 0.1) is 5.82 Å². The number of aliphatic hydroxyl groups excluding tert-OH is 1. The number of halogens is 2. The smallest absolute Gasteiger partial charge is 0.333 e. The van der Waals surface area contributed by atoms with Gasteiger partial charge in [0.15, 0.2) is 6.10 Å². The highest BCUT2D eigenvalue weighted by molar-refractivity contribution is 6.30. The van der Waals surface area contributed by atoms with Crippen LogP contribution in [-0.2, 0) is 10.2 Å². The van der Waals surface area contributed by atoms with Crippen LogP contribution in [0.2, 0.25) is 5.02 Å². The van der Waals surface area contributed by atoms with Crippen molar-refractivity contribution >= 4 is 17.6 Å². The number of rotatable bonds is 3. The standard InChI is InChI=1S/C11H10ClFO3/c12-7-5-6(1-2-8(7)13)11(3-4-11)9(14)10(15)16/h1-2,5,9,14H,3-4H2,(H,15,16). The summed E-state index contributed by atoms with van der Waals surface area (Å²) < 4.78 is 13.0. The van der Waals surface area contributed by atoms with Crippen molar-refractivity contribution in [2.45, 2.75) is 24.4 Å². The number of aliphatic hydroxyl groups is 1. The highest BCUT2D eigenvalue weighted by atomic mass is 35.5. The average molecular weight is 245 g/mol. The van der Waals surface area contributed by atoms with E-state index in [1.807, 2.05) is 0 Å². The van der Waals surface area contributed by atoms with Gasteiger partial charge in [-0.2, -0.15) is 0 Å².